The summed E-state index contributed by atoms with van der Waals surface area (Å²) >= 11 is 5.90. The molecule has 11 heteroatoms. The maximum atomic E-state index is 12.4. The van der Waals surface area contributed by atoms with Crippen LogP contribution in [0.15, 0.2) is 11.4 Å². The van der Waals surface area contributed by atoms with Crippen molar-refractivity contribution >= 4 is 31.6 Å². The number of piperazine rings is 1. The molecule has 1 aromatic heterocycles. The maximum absolute atomic E-state index is 12.4. The molecule has 0 bridgehead atoms. The van der Waals surface area contributed by atoms with E-state index in [4.69, 9.17) is 11.6 Å². The van der Waals surface area contributed by atoms with Gasteiger partial charge in [0.05, 0.1) is 12.6 Å². The molecule has 0 N–H and O–H groups in total. The van der Waals surface area contributed by atoms with Gasteiger partial charge in [0.25, 0.3) is 10.0 Å². The highest BCUT2D eigenvalue weighted by Gasteiger charge is 2.34. The minimum atomic E-state index is -3.79. The van der Waals surface area contributed by atoms with E-state index in [9.17, 15) is 16.8 Å². The van der Waals surface area contributed by atoms with Gasteiger partial charge in [0.15, 0.2) is 0 Å². The van der Waals surface area contributed by atoms with Gasteiger partial charge in [0, 0.05) is 33.2 Å². The Kier molecular flexibility index (Phi) is 4.13. The molecule has 1 saturated heterocycles. The van der Waals surface area contributed by atoms with Crippen molar-refractivity contribution in [3.8, 4) is 0 Å². The first-order valence-electron chi connectivity index (χ1n) is 5.76. The Morgan fingerprint density at radius 3 is 2.00 bits per heavy atom. The molecule has 0 unspecified atom stereocenters. The highest BCUT2D eigenvalue weighted by atomic mass is 35.5. The number of halogens is 1. The van der Waals surface area contributed by atoms with Gasteiger partial charge in [0.2, 0.25) is 15.0 Å². The zero-order chi connectivity index (χ0) is 15.1. The van der Waals surface area contributed by atoms with Crippen LogP contribution in [0.2, 0.25) is 5.15 Å². The molecule has 20 heavy (non-hydrogen) atoms. The summed E-state index contributed by atoms with van der Waals surface area (Å²) in [6, 6.07) is 0. The molecular formula is C9H15ClN4O4S2. The van der Waals surface area contributed by atoms with Crippen LogP contribution in [0.25, 0.3) is 0 Å². The van der Waals surface area contributed by atoms with E-state index in [0.29, 0.717) is 0 Å². The van der Waals surface area contributed by atoms with Gasteiger partial charge in [-0.3, -0.25) is 0 Å². The van der Waals surface area contributed by atoms with Crippen LogP contribution in [0, 0.1) is 0 Å². The van der Waals surface area contributed by atoms with Crippen molar-refractivity contribution in [3.63, 3.8) is 0 Å². The average Bonchev–Trinajstić information content (AvgIpc) is 2.69. The van der Waals surface area contributed by atoms with Gasteiger partial charge >= 0.3 is 0 Å². The summed E-state index contributed by atoms with van der Waals surface area (Å²) < 4.78 is 51.4. The molecule has 1 aliphatic heterocycles. The van der Waals surface area contributed by atoms with Gasteiger partial charge < -0.3 is 4.57 Å². The summed E-state index contributed by atoms with van der Waals surface area (Å²) in [4.78, 5) is 3.80. The van der Waals surface area contributed by atoms with Gasteiger partial charge in [-0.25, -0.2) is 21.8 Å². The molecule has 0 saturated carbocycles. The van der Waals surface area contributed by atoms with Crippen molar-refractivity contribution in [1.82, 2.24) is 18.2 Å². The largest absolute Gasteiger partial charge is 0.324 e. The molecule has 114 valence electrons. The van der Waals surface area contributed by atoms with E-state index < -0.39 is 20.0 Å². The second-order valence-corrected chi connectivity index (χ2v) is 8.71. The van der Waals surface area contributed by atoms with Crippen LogP contribution in [-0.4, -0.2) is 67.4 Å². The molecule has 2 heterocycles. The fourth-order valence-electron chi connectivity index (χ4n) is 1.93. The number of hydrogen-bond acceptors (Lipinski definition) is 5. The molecule has 0 spiro atoms. The lowest BCUT2D eigenvalue weighted by Crippen LogP contribution is -2.50. The van der Waals surface area contributed by atoms with Gasteiger partial charge in [0.1, 0.15) is 5.15 Å². The van der Waals surface area contributed by atoms with E-state index in [1.165, 1.54) is 19.5 Å². The van der Waals surface area contributed by atoms with Crippen molar-refractivity contribution in [2.24, 2.45) is 7.05 Å². The number of imidazole rings is 1. The van der Waals surface area contributed by atoms with Crippen LogP contribution in [0.1, 0.15) is 0 Å². The number of hydrogen-bond donors (Lipinski definition) is 0. The van der Waals surface area contributed by atoms with Crippen LogP contribution < -0.4 is 0 Å². The van der Waals surface area contributed by atoms with E-state index >= 15 is 0 Å². The molecule has 0 atom stereocenters. The van der Waals surface area contributed by atoms with Crippen molar-refractivity contribution in [2.75, 3.05) is 32.4 Å². The Bertz CT molecular complexity index is 704. The lowest BCUT2D eigenvalue weighted by Gasteiger charge is -2.31. The first-order chi connectivity index (χ1) is 9.14. The molecule has 8 nitrogen and oxygen atoms in total. The maximum Gasteiger partial charge on any atom is 0.263 e. The summed E-state index contributed by atoms with van der Waals surface area (Å²) in [5.41, 5.74) is 0. The van der Waals surface area contributed by atoms with E-state index in [2.05, 4.69) is 4.98 Å². The molecule has 2 rings (SSSR count). The minimum absolute atomic E-state index is 0.0375. The number of rotatable bonds is 3. The van der Waals surface area contributed by atoms with Crippen LogP contribution >= 0.6 is 11.6 Å². The second-order valence-electron chi connectivity index (χ2n) is 4.52. The highest BCUT2D eigenvalue weighted by Crippen LogP contribution is 2.23. The normalized spacial score (nSPS) is 19.4. The summed E-state index contributed by atoms with van der Waals surface area (Å²) in [6.45, 7) is 0.426. The summed E-state index contributed by atoms with van der Waals surface area (Å²) in [7, 11) is -5.50. The highest BCUT2D eigenvalue weighted by molar-refractivity contribution is 7.89. The van der Waals surface area contributed by atoms with Gasteiger partial charge in [-0.15, -0.1) is 0 Å². The predicted octanol–water partition coefficient (Wildman–Crippen LogP) is -0.661. The third-order valence-electron chi connectivity index (χ3n) is 3.09. The number of sulfonamides is 2. The van der Waals surface area contributed by atoms with Crippen LogP contribution in [-0.2, 0) is 27.1 Å². The lowest BCUT2D eigenvalue weighted by atomic mass is 10.4. The van der Waals surface area contributed by atoms with Crippen molar-refractivity contribution in [2.45, 2.75) is 5.03 Å². The van der Waals surface area contributed by atoms with Gasteiger partial charge in [-0.05, 0) is 0 Å². The van der Waals surface area contributed by atoms with Crippen LogP contribution in [0.5, 0.6) is 0 Å². The molecule has 1 aromatic rings. The standard InChI is InChI=1S/C9H15ClN4O4S2/c1-12-7-11-9(8(12)10)20(17,18)14-5-3-13(4-6-14)19(2,15)16/h7H,3-6H2,1-2H3. The molecular weight excluding hydrogens is 328 g/mol. The van der Waals surface area contributed by atoms with Crippen molar-refractivity contribution in [3.05, 3.63) is 11.5 Å². The smallest absolute Gasteiger partial charge is 0.263 e. The Balaban J connectivity index is 2.20. The number of aryl methyl sites for hydroxylation is 1. The van der Waals surface area contributed by atoms with E-state index in [0.717, 1.165) is 6.26 Å². The summed E-state index contributed by atoms with van der Waals surface area (Å²) in [6.07, 6.45) is 2.43. The molecule has 1 fully saturated rings. The Morgan fingerprint density at radius 2 is 1.60 bits per heavy atom. The third-order valence-corrected chi connectivity index (χ3v) is 6.78. The van der Waals surface area contributed by atoms with Crippen molar-refractivity contribution < 1.29 is 16.8 Å². The quantitative estimate of drug-likeness (QED) is 0.727. The Hall–Kier alpha value is -0.680. The fourth-order valence-corrected chi connectivity index (χ4v) is 4.57. The molecule has 0 amide bonds. The first kappa shape index (κ1) is 15.7. The monoisotopic (exact) mass is 342 g/mol. The molecule has 0 aliphatic carbocycles. The van der Waals surface area contributed by atoms with E-state index in [1.807, 2.05) is 0 Å². The average molecular weight is 343 g/mol. The van der Waals surface area contributed by atoms with Gasteiger partial charge in [-0.1, -0.05) is 11.6 Å². The second kappa shape index (κ2) is 5.26. The zero-order valence-electron chi connectivity index (χ0n) is 11.0. The zero-order valence-corrected chi connectivity index (χ0v) is 13.4. The Morgan fingerprint density at radius 1 is 1.10 bits per heavy atom. The van der Waals surface area contributed by atoms with E-state index in [1.54, 1.807) is 7.05 Å². The number of aromatic nitrogens is 2. The van der Waals surface area contributed by atoms with Gasteiger partial charge in [-0.2, -0.15) is 8.61 Å². The summed E-state index contributed by atoms with van der Waals surface area (Å²) in [5, 5.41) is -0.162. The topological polar surface area (TPSA) is 92.6 Å². The van der Waals surface area contributed by atoms with E-state index in [-0.39, 0.29) is 36.4 Å². The van der Waals surface area contributed by atoms with Crippen LogP contribution in [0.4, 0.5) is 0 Å². The molecule has 1 aliphatic rings. The molecule has 0 radical (unpaired) electrons. The summed E-state index contributed by atoms with van der Waals surface area (Å²) in [5.74, 6) is 0. The first-order valence-corrected chi connectivity index (χ1v) is 9.43. The lowest BCUT2D eigenvalue weighted by molar-refractivity contribution is 0.273. The Labute approximate surface area is 123 Å². The fraction of sp³-hybridized carbons (Fsp3) is 0.667. The third kappa shape index (κ3) is 2.84. The minimum Gasteiger partial charge on any atom is -0.324 e. The van der Waals surface area contributed by atoms with Crippen molar-refractivity contribution in [1.29, 1.82) is 0 Å². The van der Waals surface area contributed by atoms with Crippen LogP contribution in [0.3, 0.4) is 0 Å². The predicted molar refractivity (Wildman–Crippen MR) is 73.4 cm³/mol. The SMILES string of the molecule is Cn1cnc(S(=O)(=O)N2CCN(S(C)(=O)=O)CC2)c1Cl. The number of nitrogens with zero attached hydrogens (tertiary/aromatic N) is 4. The molecule has 0 aromatic carbocycles.